The molecule has 1 unspecified atom stereocenters. The topological polar surface area (TPSA) is 67.4 Å². The molecule has 0 saturated heterocycles. The highest BCUT2D eigenvalue weighted by Gasteiger charge is 2.31. The van der Waals surface area contributed by atoms with Gasteiger partial charge in [0, 0.05) is 11.8 Å². The lowest BCUT2D eigenvalue weighted by molar-refractivity contribution is -0.274. The predicted octanol–water partition coefficient (Wildman–Crippen LogP) is 4.73. The van der Waals surface area contributed by atoms with Gasteiger partial charge in [-0.1, -0.05) is 29.8 Å². The summed E-state index contributed by atoms with van der Waals surface area (Å²) in [5.41, 5.74) is 0.328. The fourth-order valence-electron chi connectivity index (χ4n) is 2.39. The molecule has 0 radical (unpaired) electrons. The number of ether oxygens (including phenoxy) is 1. The van der Waals surface area contributed by atoms with E-state index >= 15 is 0 Å². The minimum absolute atomic E-state index is 0.109. The van der Waals surface area contributed by atoms with Crippen LogP contribution >= 0.6 is 23.4 Å². The third kappa shape index (κ3) is 7.51. The predicted molar refractivity (Wildman–Crippen MR) is 107 cm³/mol. The normalized spacial score (nSPS) is 12.2. The summed E-state index contributed by atoms with van der Waals surface area (Å²) in [5.74, 6) is -0.969. The van der Waals surface area contributed by atoms with E-state index < -0.39 is 30.0 Å². The van der Waals surface area contributed by atoms with Gasteiger partial charge in [0.25, 0.3) is 5.91 Å². The number of amides is 2. The summed E-state index contributed by atoms with van der Waals surface area (Å²) < 4.78 is 41.0. The van der Waals surface area contributed by atoms with Crippen molar-refractivity contribution in [2.24, 2.45) is 0 Å². The molecule has 0 aromatic heterocycles. The lowest BCUT2D eigenvalue weighted by Gasteiger charge is -2.19. The van der Waals surface area contributed by atoms with Gasteiger partial charge in [-0.15, -0.1) is 13.2 Å². The van der Waals surface area contributed by atoms with Crippen LogP contribution in [-0.2, 0) is 4.79 Å². The van der Waals surface area contributed by atoms with Crippen molar-refractivity contribution in [2.75, 3.05) is 17.3 Å². The quantitative estimate of drug-likeness (QED) is 0.615. The second kappa shape index (κ2) is 10.4. The van der Waals surface area contributed by atoms with Gasteiger partial charge in [-0.05, 0) is 42.7 Å². The second-order valence-electron chi connectivity index (χ2n) is 5.85. The molecular formula is C19H18ClF3N2O3S. The van der Waals surface area contributed by atoms with E-state index in [4.69, 9.17) is 11.6 Å². The first-order valence-electron chi connectivity index (χ1n) is 8.40. The number of benzene rings is 2. The van der Waals surface area contributed by atoms with Gasteiger partial charge in [-0.25, -0.2) is 0 Å². The molecule has 0 aliphatic carbocycles. The number of halogens is 4. The maximum Gasteiger partial charge on any atom is 0.573 e. The molecule has 0 aliphatic heterocycles. The zero-order chi connectivity index (χ0) is 21.4. The van der Waals surface area contributed by atoms with Crippen molar-refractivity contribution in [2.45, 2.75) is 18.8 Å². The Morgan fingerprint density at radius 1 is 1.17 bits per heavy atom. The number of hydrogen-bond acceptors (Lipinski definition) is 4. The molecule has 5 nitrogen and oxygen atoms in total. The van der Waals surface area contributed by atoms with Gasteiger partial charge >= 0.3 is 6.36 Å². The second-order valence-corrected chi connectivity index (χ2v) is 7.25. The number of thioether (sulfide) groups is 1. The summed E-state index contributed by atoms with van der Waals surface area (Å²) in [4.78, 5) is 25.1. The first-order chi connectivity index (χ1) is 13.7. The molecule has 2 N–H and O–H groups in total. The van der Waals surface area contributed by atoms with Crippen molar-refractivity contribution < 1.29 is 27.5 Å². The molecule has 0 spiro atoms. The molecular weight excluding hydrogens is 429 g/mol. The van der Waals surface area contributed by atoms with Crippen LogP contribution in [0.2, 0.25) is 5.02 Å². The van der Waals surface area contributed by atoms with Crippen LogP contribution in [0.15, 0.2) is 48.5 Å². The smallest absolute Gasteiger partial charge is 0.406 e. The van der Waals surface area contributed by atoms with Crippen molar-refractivity contribution in [1.82, 2.24) is 5.32 Å². The van der Waals surface area contributed by atoms with Gasteiger partial charge < -0.3 is 15.4 Å². The Morgan fingerprint density at radius 2 is 1.90 bits per heavy atom. The highest BCUT2D eigenvalue weighted by Crippen LogP contribution is 2.25. The third-order valence-electron chi connectivity index (χ3n) is 3.69. The van der Waals surface area contributed by atoms with E-state index in [-0.39, 0.29) is 16.3 Å². The third-order valence-corrected chi connectivity index (χ3v) is 4.66. The Balaban J connectivity index is 2.11. The first-order valence-corrected chi connectivity index (χ1v) is 10.2. The van der Waals surface area contributed by atoms with Crippen LogP contribution < -0.4 is 15.4 Å². The minimum atomic E-state index is -4.84. The number of carbonyl (C=O) groups is 2. The fourth-order valence-corrected chi connectivity index (χ4v) is 3.08. The first kappa shape index (κ1) is 22.9. The Kier molecular flexibility index (Phi) is 8.21. The van der Waals surface area contributed by atoms with Gasteiger partial charge in [-0.3, -0.25) is 9.59 Å². The summed E-state index contributed by atoms with van der Waals surface area (Å²) in [7, 11) is 0. The average molecular weight is 447 g/mol. The Labute approximate surface area is 175 Å². The number of alkyl halides is 3. The molecule has 0 aliphatic rings. The van der Waals surface area contributed by atoms with Gasteiger partial charge in [0.15, 0.2) is 0 Å². The van der Waals surface area contributed by atoms with Crippen LogP contribution in [0.3, 0.4) is 0 Å². The summed E-state index contributed by atoms with van der Waals surface area (Å²) in [6.07, 6.45) is -2.67. The zero-order valence-electron chi connectivity index (χ0n) is 15.3. The lowest BCUT2D eigenvalue weighted by atomic mass is 10.1. The average Bonchev–Trinajstić information content (AvgIpc) is 2.64. The maximum absolute atomic E-state index is 12.6. The largest absolute Gasteiger partial charge is 0.573 e. The molecule has 156 valence electrons. The Hall–Kier alpha value is -2.39. The van der Waals surface area contributed by atoms with Crippen LogP contribution in [-0.4, -0.2) is 36.2 Å². The molecule has 0 saturated carbocycles. The van der Waals surface area contributed by atoms with E-state index in [1.165, 1.54) is 30.0 Å². The molecule has 2 amide bonds. The molecule has 2 aromatic rings. The van der Waals surface area contributed by atoms with Crippen LogP contribution in [0.25, 0.3) is 0 Å². The molecule has 29 heavy (non-hydrogen) atoms. The lowest BCUT2D eigenvalue weighted by Crippen LogP contribution is -2.44. The van der Waals surface area contributed by atoms with Crippen molar-refractivity contribution in [1.29, 1.82) is 0 Å². The molecule has 0 fully saturated rings. The number of carbonyl (C=O) groups excluding carboxylic acids is 2. The highest BCUT2D eigenvalue weighted by molar-refractivity contribution is 7.98. The Bertz CT molecular complexity index is 865. The number of hydrogen-bond donors (Lipinski definition) is 2. The van der Waals surface area contributed by atoms with Gasteiger partial charge in [0.05, 0.1) is 10.6 Å². The van der Waals surface area contributed by atoms with E-state index in [0.29, 0.717) is 12.2 Å². The number of anilines is 1. The molecule has 0 bridgehead atoms. The molecule has 1 atom stereocenters. The van der Waals surface area contributed by atoms with Gasteiger partial charge in [0.2, 0.25) is 5.91 Å². The molecule has 10 heteroatoms. The molecule has 2 rings (SSSR count). The monoisotopic (exact) mass is 446 g/mol. The summed E-state index contributed by atoms with van der Waals surface area (Å²) in [6.45, 7) is 0. The van der Waals surface area contributed by atoms with E-state index in [1.54, 1.807) is 18.2 Å². The van der Waals surface area contributed by atoms with E-state index in [1.807, 2.05) is 6.26 Å². The van der Waals surface area contributed by atoms with Crippen molar-refractivity contribution in [3.05, 3.63) is 59.1 Å². The zero-order valence-corrected chi connectivity index (χ0v) is 16.8. The van der Waals surface area contributed by atoms with Crippen LogP contribution in [0, 0.1) is 0 Å². The summed E-state index contributed by atoms with van der Waals surface area (Å²) in [5, 5.41) is 5.37. The van der Waals surface area contributed by atoms with Crippen molar-refractivity contribution in [3.8, 4) is 5.75 Å². The fraction of sp³-hybridized carbons (Fsp3) is 0.263. The summed E-state index contributed by atoms with van der Waals surface area (Å²) >= 11 is 7.50. The van der Waals surface area contributed by atoms with Crippen LogP contribution in [0.4, 0.5) is 18.9 Å². The van der Waals surface area contributed by atoms with Gasteiger partial charge in [0.1, 0.15) is 11.8 Å². The minimum Gasteiger partial charge on any atom is -0.406 e. The number of rotatable bonds is 8. The Morgan fingerprint density at radius 3 is 2.55 bits per heavy atom. The van der Waals surface area contributed by atoms with Crippen molar-refractivity contribution in [3.63, 3.8) is 0 Å². The summed E-state index contributed by atoms with van der Waals surface area (Å²) in [6, 6.07) is 10.4. The number of nitrogens with one attached hydrogen (secondary N) is 2. The highest BCUT2D eigenvalue weighted by atomic mass is 35.5. The van der Waals surface area contributed by atoms with Crippen LogP contribution in [0.5, 0.6) is 5.75 Å². The van der Waals surface area contributed by atoms with E-state index in [0.717, 1.165) is 12.1 Å². The van der Waals surface area contributed by atoms with Crippen LogP contribution in [0.1, 0.15) is 16.8 Å². The molecule has 2 aromatic carbocycles. The maximum atomic E-state index is 12.6. The van der Waals surface area contributed by atoms with E-state index in [9.17, 15) is 22.8 Å². The van der Waals surface area contributed by atoms with Gasteiger partial charge in [-0.2, -0.15) is 11.8 Å². The molecule has 0 heterocycles. The standard InChI is InChI=1S/C19H18ClF3N2O3S/c1-29-10-9-16(25-17(26)14-7-2-3-8-15(14)20)18(27)24-12-5-4-6-13(11-12)28-19(21,22)23/h2-8,11,16H,9-10H2,1H3,(H,24,27)(H,25,26). The van der Waals surface area contributed by atoms with Crippen molar-refractivity contribution >= 4 is 40.9 Å². The SMILES string of the molecule is CSCCC(NC(=O)c1ccccc1Cl)C(=O)Nc1cccc(OC(F)(F)F)c1. The van der Waals surface area contributed by atoms with E-state index in [2.05, 4.69) is 15.4 Å².